The summed E-state index contributed by atoms with van der Waals surface area (Å²) in [4.78, 5) is 25.6. The van der Waals surface area contributed by atoms with Gasteiger partial charge in [0, 0.05) is 36.3 Å². The van der Waals surface area contributed by atoms with Gasteiger partial charge in [0.15, 0.2) is 0 Å². The number of nitro groups is 1. The maximum absolute atomic E-state index is 12.6. The van der Waals surface area contributed by atoms with Crippen molar-refractivity contribution < 1.29 is 14.8 Å². The highest BCUT2D eigenvalue weighted by molar-refractivity contribution is 5.95. The number of aliphatic hydroxyl groups excluding tert-OH is 1. The van der Waals surface area contributed by atoms with Crippen molar-refractivity contribution >= 4 is 11.6 Å². The number of aliphatic hydroxyl groups is 1. The van der Waals surface area contributed by atoms with E-state index >= 15 is 0 Å². The van der Waals surface area contributed by atoms with Crippen LogP contribution in [0, 0.1) is 10.1 Å². The Morgan fingerprint density at radius 1 is 1.24 bits per heavy atom. The minimum Gasteiger partial charge on any atom is -0.395 e. The number of aryl methyl sites for hydroxylation is 1. The molecule has 1 aliphatic heterocycles. The smallest absolute Gasteiger partial charge is 0.273 e. The molecular weight excluding hydrogens is 370 g/mol. The number of carbonyl (C=O) groups excluding carboxylic acids is 1. The van der Waals surface area contributed by atoms with Crippen LogP contribution in [0.1, 0.15) is 46.8 Å². The van der Waals surface area contributed by atoms with E-state index in [0.29, 0.717) is 18.5 Å². The molecule has 1 atom stereocenters. The van der Waals surface area contributed by atoms with Gasteiger partial charge in [-0.3, -0.25) is 19.8 Å². The second kappa shape index (κ2) is 9.62. The summed E-state index contributed by atoms with van der Waals surface area (Å²) in [5.74, 6) is -0.333. The first-order valence-corrected chi connectivity index (χ1v) is 10.0. The molecule has 1 amide bonds. The van der Waals surface area contributed by atoms with Crippen molar-refractivity contribution in [2.24, 2.45) is 0 Å². The van der Waals surface area contributed by atoms with Crippen LogP contribution in [-0.2, 0) is 19.5 Å². The Balaban J connectivity index is 1.69. The van der Waals surface area contributed by atoms with Gasteiger partial charge in [-0.15, -0.1) is 0 Å². The molecule has 154 valence electrons. The van der Waals surface area contributed by atoms with Crippen molar-refractivity contribution in [1.29, 1.82) is 0 Å². The average Bonchev–Trinajstić information content (AvgIpc) is 3.19. The molecule has 2 aromatic carbocycles. The quantitative estimate of drug-likeness (QED) is 0.527. The van der Waals surface area contributed by atoms with Crippen LogP contribution in [0.4, 0.5) is 5.69 Å². The number of hydrogen-bond donors (Lipinski definition) is 2. The predicted molar refractivity (Wildman–Crippen MR) is 111 cm³/mol. The zero-order chi connectivity index (χ0) is 20.8. The highest BCUT2D eigenvalue weighted by Gasteiger charge is 2.24. The third-order valence-electron chi connectivity index (χ3n) is 5.57. The van der Waals surface area contributed by atoms with Gasteiger partial charge < -0.3 is 10.4 Å². The molecule has 0 spiro atoms. The van der Waals surface area contributed by atoms with Gasteiger partial charge in [0.1, 0.15) is 0 Å². The summed E-state index contributed by atoms with van der Waals surface area (Å²) < 4.78 is 0. The summed E-state index contributed by atoms with van der Waals surface area (Å²) in [7, 11) is 0. The zero-order valence-electron chi connectivity index (χ0n) is 16.6. The minimum atomic E-state index is -0.446. The van der Waals surface area contributed by atoms with Gasteiger partial charge in [-0.1, -0.05) is 37.3 Å². The Labute approximate surface area is 170 Å². The molecule has 29 heavy (non-hydrogen) atoms. The highest BCUT2D eigenvalue weighted by atomic mass is 16.6. The van der Waals surface area contributed by atoms with E-state index in [1.54, 1.807) is 12.1 Å². The zero-order valence-corrected chi connectivity index (χ0v) is 16.6. The van der Waals surface area contributed by atoms with E-state index in [2.05, 4.69) is 10.2 Å². The molecule has 7 nitrogen and oxygen atoms in total. The standard InChI is InChI=1S/C22H27N3O4/c1-2-16-9-10-17(12-21(16)25(28)29)22(27)23-13-18-6-3-4-7-19(18)14-24-11-5-8-20(24)15-26/h3-4,6-7,9-10,12,20,26H,2,5,8,11,13-15H2,1H3,(H,23,27)/t20-/m1/s1. The lowest BCUT2D eigenvalue weighted by molar-refractivity contribution is -0.385. The third-order valence-corrected chi connectivity index (χ3v) is 5.57. The number of nitrogens with one attached hydrogen (secondary N) is 1. The molecule has 1 fully saturated rings. The second-order valence-electron chi connectivity index (χ2n) is 7.35. The van der Waals surface area contributed by atoms with Crippen molar-refractivity contribution in [3.8, 4) is 0 Å². The number of amides is 1. The molecule has 7 heteroatoms. The van der Waals surface area contributed by atoms with E-state index in [1.807, 2.05) is 31.2 Å². The van der Waals surface area contributed by atoms with Gasteiger partial charge >= 0.3 is 0 Å². The molecule has 0 aromatic heterocycles. The lowest BCUT2D eigenvalue weighted by atomic mass is 10.0. The number of nitro benzene ring substituents is 1. The molecular formula is C22H27N3O4. The fraction of sp³-hybridized carbons (Fsp3) is 0.409. The molecule has 1 aliphatic rings. The number of hydrogen-bond acceptors (Lipinski definition) is 5. The Kier molecular flexibility index (Phi) is 6.95. The summed E-state index contributed by atoms with van der Waals surface area (Å²) in [6.07, 6.45) is 2.62. The summed E-state index contributed by atoms with van der Waals surface area (Å²) in [5, 5.41) is 23.7. The lowest BCUT2D eigenvalue weighted by Crippen LogP contribution is -2.32. The maximum atomic E-state index is 12.6. The van der Waals surface area contributed by atoms with Crippen molar-refractivity contribution in [2.75, 3.05) is 13.2 Å². The first-order valence-electron chi connectivity index (χ1n) is 10.0. The molecule has 2 N–H and O–H groups in total. The van der Waals surface area contributed by atoms with Crippen molar-refractivity contribution in [3.05, 3.63) is 74.8 Å². The van der Waals surface area contributed by atoms with E-state index in [-0.39, 0.29) is 29.8 Å². The van der Waals surface area contributed by atoms with Crippen LogP contribution in [0.3, 0.4) is 0 Å². The van der Waals surface area contributed by atoms with Crippen LogP contribution in [0.15, 0.2) is 42.5 Å². The van der Waals surface area contributed by atoms with Crippen LogP contribution < -0.4 is 5.32 Å². The van der Waals surface area contributed by atoms with Crippen LogP contribution in [0.25, 0.3) is 0 Å². The van der Waals surface area contributed by atoms with E-state index in [0.717, 1.165) is 37.1 Å². The SMILES string of the molecule is CCc1ccc(C(=O)NCc2ccccc2CN2CCC[C@@H]2CO)cc1[N+](=O)[O-]. The Hall–Kier alpha value is -2.77. The van der Waals surface area contributed by atoms with Crippen LogP contribution in [0.5, 0.6) is 0 Å². The van der Waals surface area contributed by atoms with Gasteiger partial charge in [-0.25, -0.2) is 0 Å². The molecule has 0 aliphatic carbocycles. The van der Waals surface area contributed by atoms with E-state index < -0.39 is 4.92 Å². The summed E-state index contributed by atoms with van der Waals surface area (Å²) in [6, 6.07) is 12.7. The van der Waals surface area contributed by atoms with E-state index in [9.17, 15) is 20.0 Å². The van der Waals surface area contributed by atoms with Gasteiger partial charge in [-0.2, -0.15) is 0 Å². The fourth-order valence-electron chi connectivity index (χ4n) is 3.86. The van der Waals surface area contributed by atoms with Crippen molar-refractivity contribution in [3.63, 3.8) is 0 Å². The predicted octanol–water partition coefficient (Wildman–Crippen LogP) is 3.04. The number of rotatable bonds is 8. The fourth-order valence-corrected chi connectivity index (χ4v) is 3.86. The van der Waals surface area contributed by atoms with Gasteiger partial charge in [0.25, 0.3) is 11.6 Å². The van der Waals surface area contributed by atoms with Gasteiger partial charge in [0.05, 0.1) is 11.5 Å². The van der Waals surface area contributed by atoms with Crippen LogP contribution in [0.2, 0.25) is 0 Å². The molecule has 1 saturated heterocycles. The summed E-state index contributed by atoms with van der Waals surface area (Å²) in [6.45, 7) is 4.04. The van der Waals surface area contributed by atoms with E-state index in [1.165, 1.54) is 6.07 Å². The van der Waals surface area contributed by atoms with Crippen LogP contribution >= 0.6 is 0 Å². The van der Waals surface area contributed by atoms with E-state index in [4.69, 9.17) is 0 Å². The number of nitrogens with zero attached hydrogens (tertiary/aromatic N) is 2. The van der Waals surface area contributed by atoms with Gasteiger partial charge in [0.2, 0.25) is 0 Å². The summed E-state index contributed by atoms with van der Waals surface area (Å²) >= 11 is 0. The largest absolute Gasteiger partial charge is 0.395 e. The molecule has 0 unspecified atom stereocenters. The highest BCUT2D eigenvalue weighted by Crippen LogP contribution is 2.22. The Bertz CT molecular complexity index is 884. The third kappa shape index (κ3) is 4.99. The van der Waals surface area contributed by atoms with Gasteiger partial charge in [-0.05, 0) is 43.0 Å². The second-order valence-corrected chi connectivity index (χ2v) is 7.35. The number of likely N-dealkylation sites (tertiary alicyclic amines) is 1. The molecule has 0 radical (unpaired) electrons. The molecule has 0 bridgehead atoms. The molecule has 2 aromatic rings. The minimum absolute atomic E-state index is 0.0235. The number of benzene rings is 2. The topological polar surface area (TPSA) is 95.7 Å². The van der Waals surface area contributed by atoms with Crippen molar-refractivity contribution in [1.82, 2.24) is 10.2 Å². The summed E-state index contributed by atoms with van der Waals surface area (Å²) in [5.41, 5.74) is 2.99. The monoisotopic (exact) mass is 397 g/mol. The molecule has 0 saturated carbocycles. The Morgan fingerprint density at radius 2 is 2.00 bits per heavy atom. The first-order chi connectivity index (χ1) is 14.0. The Morgan fingerprint density at radius 3 is 2.69 bits per heavy atom. The van der Waals surface area contributed by atoms with Crippen LogP contribution in [-0.4, -0.2) is 40.0 Å². The maximum Gasteiger partial charge on any atom is 0.273 e. The number of carbonyl (C=O) groups is 1. The molecule has 3 rings (SSSR count). The van der Waals surface area contributed by atoms with Crippen molar-refractivity contribution in [2.45, 2.75) is 45.3 Å². The lowest BCUT2D eigenvalue weighted by Gasteiger charge is -2.24. The first kappa shape index (κ1) is 21.0. The molecule has 1 heterocycles. The average molecular weight is 397 g/mol. The normalized spacial score (nSPS) is 16.7.